The summed E-state index contributed by atoms with van der Waals surface area (Å²) >= 11 is 0. The fourth-order valence-electron chi connectivity index (χ4n) is 2.34. The monoisotopic (exact) mass is 350 g/mol. The summed E-state index contributed by atoms with van der Waals surface area (Å²) < 4.78 is 13.4. The van der Waals surface area contributed by atoms with E-state index in [-0.39, 0.29) is 11.7 Å². The zero-order chi connectivity index (χ0) is 18.9. The van der Waals surface area contributed by atoms with Crippen molar-refractivity contribution in [2.45, 2.75) is 90.8 Å². The molecule has 0 bridgehead atoms. The van der Waals surface area contributed by atoms with E-state index in [4.69, 9.17) is 0 Å². The van der Waals surface area contributed by atoms with Gasteiger partial charge in [-0.15, -0.1) is 11.8 Å². The van der Waals surface area contributed by atoms with E-state index in [9.17, 15) is 14.3 Å². The number of aliphatic hydroxyl groups excluding tert-OH is 1. The lowest BCUT2D eigenvalue weighted by molar-refractivity contribution is -0.117. The van der Waals surface area contributed by atoms with Crippen LogP contribution in [0.3, 0.4) is 0 Å². The van der Waals surface area contributed by atoms with Crippen molar-refractivity contribution >= 4 is 5.78 Å². The molecule has 0 aromatic heterocycles. The first-order valence-electron chi connectivity index (χ1n) is 9.58. The number of aliphatic hydroxyl groups is 1. The number of hydrogen-bond donors (Lipinski definition) is 1. The Morgan fingerprint density at radius 2 is 1.96 bits per heavy atom. The normalized spacial score (nSPS) is 15.1. The molecule has 1 N–H and O–H groups in total. The second-order valence-electron chi connectivity index (χ2n) is 6.71. The van der Waals surface area contributed by atoms with Gasteiger partial charge in [0.2, 0.25) is 0 Å². The van der Waals surface area contributed by atoms with Crippen LogP contribution >= 0.6 is 0 Å². The Labute approximate surface area is 153 Å². The molecule has 2 nitrogen and oxygen atoms in total. The van der Waals surface area contributed by atoms with Gasteiger partial charge in [0, 0.05) is 19.3 Å². The van der Waals surface area contributed by atoms with Crippen molar-refractivity contribution in [2.24, 2.45) is 5.92 Å². The molecule has 0 radical (unpaired) electrons. The molecule has 0 saturated heterocycles. The maximum absolute atomic E-state index is 13.4. The Balaban J connectivity index is 3.82. The molecule has 0 spiro atoms. The van der Waals surface area contributed by atoms with Crippen LogP contribution < -0.4 is 0 Å². The summed E-state index contributed by atoms with van der Waals surface area (Å²) in [5.74, 6) is 6.25. The van der Waals surface area contributed by atoms with E-state index in [1.54, 1.807) is 13.0 Å². The summed E-state index contributed by atoms with van der Waals surface area (Å²) in [4.78, 5) is 10.9. The molecule has 0 aromatic rings. The van der Waals surface area contributed by atoms with E-state index in [0.29, 0.717) is 19.3 Å². The zero-order valence-corrected chi connectivity index (χ0v) is 16.1. The molecule has 0 fully saturated rings. The lowest BCUT2D eigenvalue weighted by atomic mass is 9.97. The first kappa shape index (κ1) is 23.6. The Kier molecular flexibility index (Phi) is 15.2. The maximum Gasteiger partial charge on any atom is 0.129 e. The molecule has 3 unspecified atom stereocenters. The fourth-order valence-corrected chi connectivity index (χ4v) is 2.34. The number of allylic oxidation sites excluding steroid dienone is 3. The predicted octanol–water partition coefficient (Wildman–Crippen LogP) is 5.56. The Morgan fingerprint density at radius 1 is 1.20 bits per heavy atom. The largest absolute Gasteiger partial charge is 0.389 e. The molecule has 0 aliphatic rings. The summed E-state index contributed by atoms with van der Waals surface area (Å²) in [6.07, 6.45) is 13.0. The second-order valence-corrected chi connectivity index (χ2v) is 6.71. The van der Waals surface area contributed by atoms with Crippen molar-refractivity contribution in [3.8, 4) is 11.8 Å². The number of halogens is 1. The number of carbonyl (C=O) groups excluding carboxylic acids is 1. The number of unbranched alkanes of at least 4 members (excludes halogenated alkanes) is 2. The van der Waals surface area contributed by atoms with Crippen LogP contribution in [-0.4, -0.2) is 23.2 Å². The number of alkyl halides is 1. The highest BCUT2D eigenvalue weighted by molar-refractivity contribution is 5.75. The highest BCUT2D eigenvalue weighted by Gasteiger charge is 2.10. The van der Waals surface area contributed by atoms with Gasteiger partial charge in [-0.05, 0) is 38.5 Å². The van der Waals surface area contributed by atoms with Crippen molar-refractivity contribution in [1.29, 1.82) is 0 Å². The van der Waals surface area contributed by atoms with Gasteiger partial charge in [0.05, 0.1) is 6.10 Å². The number of rotatable bonds is 13. The van der Waals surface area contributed by atoms with Crippen LogP contribution in [0.1, 0.15) is 78.6 Å². The standard InChI is InChI=1S/C22H35FO2/c1-4-5-16-21(23)17-11-9-7-6-8-10-12-18-22(25)19(2)14-13-15-20(3)24/h8,10,12,18-19,21-22,25H,4-7,13-17H2,1-3H3/b10-8+,18-12+. The van der Waals surface area contributed by atoms with Crippen molar-refractivity contribution < 1.29 is 14.3 Å². The van der Waals surface area contributed by atoms with Crippen LogP contribution in [0, 0.1) is 17.8 Å². The summed E-state index contributed by atoms with van der Waals surface area (Å²) in [5.41, 5.74) is 0. The van der Waals surface area contributed by atoms with Gasteiger partial charge in [0.15, 0.2) is 0 Å². The van der Waals surface area contributed by atoms with Gasteiger partial charge in [0.1, 0.15) is 12.0 Å². The third-order valence-electron chi connectivity index (χ3n) is 4.08. The molecule has 0 saturated carbocycles. The number of carbonyl (C=O) groups is 1. The summed E-state index contributed by atoms with van der Waals surface area (Å²) in [6.45, 7) is 5.65. The van der Waals surface area contributed by atoms with Crippen LogP contribution in [0.5, 0.6) is 0 Å². The Bertz CT molecular complexity index is 456. The molecule has 0 amide bonds. The second kappa shape index (κ2) is 16.1. The molecule has 25 heavy (non-hydrogen) atoms. The van der Waals surface area contributed by atoms with Crippen molar-refractivity contribution in [3.05, 3.63) is 24.3 Å². The van der Waals surface area contributed by atoms with E-state index < -0.39 is 12.3 Å². The van der Waals surface area contributed by atoms with Gasteiger partial charge >= 0.3 is 0 Å². The number of hydrogen-bond acceptors (Lipinski definition) is 2. The molecule has 3 atom stereocenters. The molecule has 0 aliphatic heterocycles. The number of ketones is 1. The lowest BCUT2D eigenvalue weighted by Gasteiger charge is -2.14. The molecular weight excluding hydrogens is 315 g/mol. The molecule has 142 valence electrons. The molecule has 0 rings (SSSR count). The summed E-state index contributed by atoms with van der Waals surface area (Å²) in [7, 11) is 0. The average molecular weight is 351 g/mol. The predicted molar refractivity (Wildman–Crippen MR) is 104 cm³/mol. The third-order valence-corrected chi connectivity index (χ3v) is 4.08. The molecular formula is C22H35FO2. The smallest absolute Gasteiger partial charge is 0.129 e. The van der Waals surface area contributed by atoms with Gasteiger partial charge in [-0.3, -0.25) is 0 Å². The molecule has 3 heteroatoms. The average Bonchev–Trinajstić information content (AvgIpc) is 2.57. The van der Waals surface area contributed by atoms with Gasteiger partial charge in [0.25, 0.3) is 0 Å². The highest BCUT2D eigenvalue weighted by Crippen LogP contribution is 2.13. The Morgan fingerprint density at radius 3 is 2.64 bits per heavy atom. The minimum atomic E-state index is -0.787. The number of Topliss-reactive ketones (excluding diaryl/α,β-unsaturated/α-hetero) is 1. The van der Waals surface area contributed by atoms with Crippen molar-refractivity contribution in [1.82, 2.24) is 0 Å². The van der Waals surface area contributed by atoms with Gasteiger partial charge in [-0.2, -0.15) is 0 Å². The highest BCUT2D eigenvalue weighted by atomic mass is 19.1. The van der Waals surface area contributed by atoms with E-state index in [0.717, 1.165) is 38.5 Å². The zero-order valence-electron chi connectivity index (χ0n) is 16.1. The van der Waals surface area contributed by atoms with Crippen LogP contribution in [0.15, 0.2) is 24.3 Å². The van der Waals surface area contributed by atoms with E-state index in [1.165, 1.54) is 0 Å². The first-order valence-corrected chi connectivity index (χ1v) is 9.58. The molecule has 0 aromatic carbocycles. The van der Waals surface area contributed by atoms with Crippen LogP contribution in [-0.2, 0) is 4.79 Å². The van der Waals surface area contributed by atoms with Crippen LogP contribution in [0.2, 0.25) is 0 Å². The minimum absolute atomic E-state index is 0.149. The first-order chi connectivity index (χ1) is 12.0. The quantitative estimate of drug-likeness (QED) is 0.268. The van der Waals surface area contributed by atoms with Crippen LogP contribution in [0.4, 0.5) is 4.39 Å². The lowest BCUT2D eigenvalue weighted by Crippen LogP contribution is -2.14. The van der Waals surface area contributed by atoms with E-state index in [2.05, 4.69) is 18.8 Å². The van der Waals surface area contributed by atoms with E-state index >= 15 is 0 Å². The van der Waals surface area contributed by atoms with Crippen molar-refractivity contribution in [3.63, 3.8) is 0 Å². The van der Waals surface area contributed by atoms with Crippen molar-refractivity contribution in [2.75, 3.05) is 0 Å². The summed E-state index contributed by atoms with van der Waals surface area (Å²) in [5, 5.41) is 10.0. The SMILES string of the molecule is CCCCC(F)CC#CCC/C=C/C=C/C(O)C(C)CCCC(C)=O. The maximum atomic E-state index is 13.4. The van der Waals surface area contributed by atoms with Gasteiger partial charge < -0.3 is 9.90 Å². The van der Waals surface area contributed by atoms with Crippen LogP contribution in [0.25, 0.3) is 0 Å². The molecule has 0 heterocycles. The fraction of sp³-hybridized carbons (Fsp3) is 0.682. The topological polar surface area (TPSA) is 37.3 Å². The Hall–Kier alpha value is -1.40. The molecule has 0 aliphatic carbocycles. The summed E-state index contributed by atoms with van der Waals surface area (Å²) in [6, 6.07) is 0. The van der Waals surface area contributed by atoms with Gasteiger partial charge in [-0.1, -0.05) is 51.0 Å². The third kappa shape index (κ3) is 15.8. The van der Waals surface area contributed by atoms with Gasteiger partial charge in [-0.25, -0.2) is 4.39 Å². The van der Waals surface area contributed by atoms with E-state index in [1.807, 2.05) is 25.2 Å². The minimum Gasteiger partial charge on any atom is -0.389 e.